The maximum Gasteiger partial charge on any atom is 0.417 e. The summed E-state index contributed by atoms with van der Waals surface area (Å²) in [6, 6.07) is 3.21. The lowest BCUT2D eigenvalue weighted by Gasteiger charge is -2.19. The van der Waals surface area contributed by atoms with E-state index in [4.69, 9.17) is 10.5 Å². The molecule has 7 heteroatoms. The lowest BCUT2D eigenvalue weighted by atomic mass is 10.0. The highest BCUT2D eigenvalue weighted by Crippen LogP contribution is 2.34. The minimum atomic E-state index is -4.61. The Morgan fingerprint density at radius 3 is 2.70 bits per heavy atom. The molecule has 1 heterocycles. The molecule has 1 aliphatic heterocycles. The number of alkyl halides is 3. The number of nitrogens with two attached hydrogens (primary N) is 1. The Balaban J connectivity index is 2.31. The van der Waals surface area contributed by atoms with E-state index in [-0.39, 0.29) is 17.4 Å². The van der Waals surface area contributed by atoms with E-state index in [1.807, 2.05) is 0 Å². The normalized spacial score (nSPS) is 19.4. The molecule has 110 valence electrons. The summed E-state index contributed by atoms with van der Waals surface area (Å²) in [5, 5.41) is 0. The molecule has 0 unspecified atom stereocenters. The second kappa shape index (κ2) is 5.32. The van der Waals surface area contributed by atoms with Gasteiger partial charge in [0.1, 0.15) is 0 Å². The van der Waals surface area contributed by atoms with Crippen molar-refractivity contribution < 1.29 is 22.7 Å². The van der Waals surface area contributed by atoms with Gasteiger partial charge in [-0.25, -0.2) is 0 Å². The quantitative estimate of drug-likeness (QED) is 0.848. The van der Waals surface area contributed by atoms with E-state index in [1.165, 1.54) is 18.1 Å². The largest absolute Gasteiger partial charge is 0.417 e. The van der Waals surface area contributed by atoms with E-state index >= 15 is 0 Å². The summed E-state index contributed by atoms with van der Waals surface area (Å²) in [5.74, 6) is -0.642. The van der Waals surface area contributed by atoms with E-state index in [2.05, 4.69) is 0 Å². The lowest BCUT2D eigenvalue weighted by molar-refractivity contribution is -0.138. The predicted molar refractivity (Wildman–Crippen MR) is 67.2 cm³/mol. The number of halogens is 3. The molecule has 1 saturated heterocycles. The molecule has 0 aliphatic carbocycles. The molecule has 1 aliphatic rings. The van der Waals surface area contributed by atoms with Crippen molar-refractivity contribution in [1.82, 2.24) is 4.90 Å². The van der Waals surface area contributed by atoms with Gasteiger partial charge in [-0.05, 0) is 24.6 Å². The van der Waals surface area contributed by atoms with Crippen LogP contribution in [0.4, 0.5) is 18.9 Å². The molecule has 1 fully saturated rings. The molecule has 0 spiro atoms. The number of amides is 1. The fraction of sp³-hybridized carbons (Fsp3) is 0.462. The number of hydrogen-bond donors (Lipinski definition) is 1. The van der Waals surface area contributed by atoms with Gasteiger partial charge < -0.3 is 15.4 Å². The molecule has 1 amide bonds. The Morgan fingerprint density at radius 1 is 1.45 bits per heavy atom. The Labute approximate surface area is 114 Å². The van der Waals surface area contributed by atoms with Crippen LogP contribution in [0.15, 0.2) is 18.2 Å². The third kappa shape index (κ3) is 2.87. The van der Waals surface area contributed by atoms with Gasteiger partial charge >= 0.3 is 6.18 Å². The van der Waals surface area contributed by atoms with Crippen molar-refractivity contribution in [2.75, 3.05) is 25.9 Å². The van der Waals surface area contributed by atoms with Crippen LogP contribution in [0.3, 0.4) is 0 Å². The topological polar surface area (TPSA) is 55.6 Å². The van der Waals surface area contributed by atoms with Gasteiger partial charge in [-0.1, -0.05) is 0 Å². The fourth-order valence-electron chi connectivity index (χ4n) is 2.26. The zero-order valence-corrected chi connectivity index (χ0v) is 10.9. The summed E-state index contributed by atoms with van der Waals surface area (Å²) in [7, 11) is 1.52. The Kier molecular flexibility index (Phi) is 3.89. The summed E-state index contributed by atoms with van der Waals surface area (Å²) >= 11 is 0. The van der Waals surface area contributed by atoms with Gasteiger partial charge in [-0.3, -0.25) is 4.79 Å². The number of likely N-dealkylation sites (tertiary alicyclic amines) is 1. The molecule has 4 nitrogen and oxygen atoms in total. The second-order valence-electron chi connectivity index (χ2n) is 4.70. The molecule has 0 aromatic heterocycles. The molecular formula is C13H15F3N2O2. The average Bonchev–Trinajstić information content (AvgIpc) is 2.85. The van der Waals surface area contributed by atoms with Gasteiger partial charge in [0.05, 0.1) is 17.2 Å². The van der Waals surface area contributed by atoms with Gasteiger partial charge in [0.2, 0.25) is 0 Å². The minimum absolute atomic E-state index is 0.0231. The Morgan fingerprint density at radius 2 is 2.15 bits per heavy atom. The van der Waals surface area contributed by atoms with Gasteiger partial charge in [0, 0.05) is 25.9 Å². The number of ether oxygens (including phenoxy) is 1. The van der Waals surface area contributed by atoms with E-state index in [1.54, 1.807) is 0 Å². The summed E-state index contributed by atoms with van der Waals surface area (Å²) in [6.45, 7) is 0.690. The molecule has 1 atom stereocenters. The zero-order chi connectivity index (χ0) is 14.9. The van der Waals surface area contributed by atoms with Crippen LogP contribution in [0.5, 0.6) is 0 Å². The van der Waals surface area contributed by atoms with Crippen molar-refractivity contribution in [2.45, 2.75) is 18.7 Å². The Hall–Kier alpha value is -1.76. The molecule has 20 heavy (non-hydrogen) atoms. The number of benzene rings is 1. The number of anilines is 1. The van der Waals surface area contributed by atoms with Crippen LogP contribution in [0.1, 0.15) is 22.3 Å². The number of hydrogen-bond acceptors (Lipinski definition) is 3. The second-order valence-corrected chi connectivity index (χ2v) is 4.70. The third-order valence-corrected chi connectivity index (χ3v) is 3.34. The molecular weight excluding hydrogens is 273 g/mol. The molecule has 2 N–H and O–H groups in total. The number of carbonyl (C=O) groups is 1. The van der Waals surface area contributed by atoms with E-state index < -0.39 is 17.6 Å². The van der Waals surface area contributed by atoms with E-state index in [0.29, 0.717) is 19.5 Å². The van der Waals surface area contributed by atoms with Gasteiger partial charge in [0.15, 0.2) is 0 Å². The Bertz CT molecular complexity index is 517. The van der Waals surface area contributed by atoms with Crippen molar-refractivity contribution in [3.8, 4) is 0 Å². The standard InChI is InChI=1S/C13H15F3N2O2/c1-20-9-4-5-18(7-9)12(19)10-3-2-8(17)6-11(10)13(14,15)16/h2-3,6,9H,4-5,7,17H2,1H3/t9-/m0/s1. The molecule has 0 radical (unpaired) electrons. The monoisotopic (exact) mass is 288 g/mol. The lowest BCUT2D eigenvalue weighted by Crippen LogP contribution is -2.31. The van der Waals surface area contributed by atoms with E-state index in [9.17, 15) is 18.0 Å². The van der Waals surface area contributed by atoms with Crippen LogP contribution in [-0.4, -0.2) is 37.1 Å². The van der Waals surface area contributed by atoms with Gasteiger partial charge in [-0.15, -0.1) is 0 Å². The molecule has 1 aromatic rings. The molecule has 1 aromatic carbocycles. The van der Waals surface area contributed by atoms with Crippen LogP contribution in [0.25, 0.3) is 0 Å². The number of rotatable bonds is 2. The van der Waals surface area contributed by atoms with Crippen molar-refractivity contribution in [1.29, 1.82) is 0 Å². The minimum Gasteiger partial charge on any atom is -0.399 e. The average molecular weight is 288 g/mol. The highest BCUT2D eigenvalue weighted by Gasteiger charge is 2.37. The summed E-state index contributed by atoms with van der Waals surface area (Å²) < 4.78 is 44.0. The number of nitrogens with zero attached hydrogens (tertiary/aromatic N) is 1. The fourth-order valence-corrected chi connectivity index (χ4v) is 2.26. The summed E-state index contributed by atoms with van der Waals surface area (Å²) in [4.78, 5) is 13.6. The summed E-state index contributed by atoms with van der Waals surface area (Å²) in [6.07, 6.45) is -4.11. The maximum atomic E-state index is 13.0. The van der Waals surface area contributed by atoms with Crippen LogP contribution < -0.4 is 5.73 Å². The first-order valence-electron chi connectivity index (χ1n) is 6.11. The smallest absolute Gasteiger partial charge is 0.399 e. The predicted octanol–water partition coefficient (Wildman–Crippen LogP) is 2.15. The first kappa shape index (κ1) is 14.6. The third-order valence-electron chi connectivity index (χ3n) is 3.34. The van der Waals surface area contributed by atoms with Crippen LogP contribution >= 0.6 is 0 Å². The number of nitrogen functional groups attached to an aromatic ring is 1. The van der Waals surface area contributed by atoms with Gasteiger partial charge in [-0.2, -0.15) is 13.2 Å². The molecule has 2 rings (SSSR count). The maximum absolute atomic E-state index is 13.0. The molecule has 0 bridgehead atoms. The first-order chi connectivity index (χ1) is 9.32. The summed E-state index contributed by atoms with van der Waals surface area (Å²) in [5.41, 5.74) is 3.98. The zero-order valence-electron chi connectivity index (χ0n) is 10.9. The number of methoxy groups -OCH3 is 1. The van der Waals surface area contributed by atoms with Crippen LogP contribution in [-0.2, 0) is 10.9 Å². The van der Waals surface area contributed by atoms with Crippen molar-refractivity contribution in [3.05, 3.63) is 29.3 Å². The SMILES string of the molecule is CO[C@H]1CCN(C(=O)c2ccc(N)cc2C(F)(F)F)C1. The number of carbonyl (C=O) groups excluding carboxylic acids is 1. The van der Waals surface area contributed by atoms with Crippen molar-refractivity contribution >= 4 is 11.6 Å². The van der Waals surface area contributed by atoms with Crippen LogP contribution in [0.2, 0.25) is 0 Å². The van der Waals surface area contributed by atoms with E-state index in [0.717, 1.165) is 12.1 Å². The van der Waals surface area contributed by atoms with Crippen molar-refractivity contribution in [3.63, 3.8) is 0 Å². The first-order valence-corrected chi connectivity index (χ1v) is 6.11. The highest BCUT2D eigenvalue weighted by molar-refractivity contribution is 5.96. The van der Waals surface area contributed by atoms with Gasteiger partial charge in [0.25, 0.3) is 5.91 Å². The van der Waals surface area contributed by atoms with Crippen molar-refractivity contribution in [2.24, 2.45) is 0 Å². The highest BCUT2D eigenvalue weighted by atomic mass is 19.4. The van der Waals surface area contributed by atoms with Crippen LogP contribution in [0, 0.1) is 0 Å². The molecule has 0 saturated carbocycles.